The van der Waals surface area contributed by atoms with Crippen molar-refractivity contribution in [2.75, 3.05) is 43.4 Å². The zero-order valence-electron chi connectivity index (χ0n) is 23.5. The summed E-state index contributed by atoms with van der Waals surface area (Å²) in [6.45, 7) is 9.88. The molecule has 0 bridgehead atoms. The second-order valence-electron chi connectivity index (χ2n) is 11.0. The van der Waals surface area contributed by atoms with Gasteiger partial charge in [0.15, 0.2) is 0 Å². The maximum atomic E-state index is 13.1. The summed E-state index contributed by atoms with van der Waals surface area (Å²) in [4.78, 5) is 22.1. The Morgan fingerprint density at radius 2 is 1.75 bits per heavy atom. The number of likely N-dealkylation sites (N-methyl/N-ethyl adjacent to an activating group) is 1. The molecule has 8 nitrogen and oxygen atoms in total. The van der Waals surface area contributed by atoms with Crippen LogP contribution in [0.25, 0.3) is 22.5 Å². The van der Waals surface area contributed by atoms with Gasteiger partial charge in [-0.25, -0.2) is 0 Å². The smallest absolute Gasteiger partial charge is 0.228 e. The van der Waals surface area contributed by atoms with Crippen LogP contribution in [-0.4, -0.2) is 60.3 Å². The van der Waals surface area contributed by atoms with E-state index in [-0.39, 0.29) is 12.0 Å². The second-order valence-corrected chi connectivity index (χ2v) is 11.0. The standard InChI is InChI=1S/C32H35N5O3/c1-20-15-25(32-33-22(3)40-35-32)9-10-28(20)24-7-5-23(6-8-24)17-30(38)34-27-18-26-16-21(2)39-31(26)29(19-27)37-13-11-36(4)12-14-37/h5-10,15,18-19,21H,11-14,16-17H2,1-4H3,(H,34,38). The molecule has 0 saturated carbocycles. The fourth-order valence-electron chi connectivity index (χ4n) is 5.60. The van der Waals surface area contributed by atoms with Crippen molar-refractivity contribution in [3.8, 4) is 28.3 Å². The van der Waals surface area contributed by atoms with Crippen molar-refractivity contribution in [3.63, 3.8) is 0 Å². The molecule has 3 aromatic carbocycles. The summed E-state index contributed by atoms with van der Waals surface area (Å²) in [5.41, 5.74) is 8.33. The fourth-order valence-corrected chi connectivity index (χ4v) is 5.60. The summed E-state index contributed by atoms with van der Waals surface area (Å²) in [6.07, 6.45) is 1.31. The molecule has 2 aliphatic rings. The number of rotatable bonds is 6. The molecule has 1 aromatic heterocycles. The highest BCUT2D eigenvalue weighted by Crippen LogP contribution is 2.41. The number of hydrogen-bond donors (Lipinski definition) is 1. The van der Waals surface area contributed by atoms with E-state index < -0.39 is 0 Å². The first-order chi connectivity index (χ1) is 19.3. The van der Waals surface area contributed by atoms with Gasteiger partial charge in [-0.3, -0.25) is 4.79 Å². The number of piperazine rings is 1. The van der Waals surface area contributed by atoms with Gasteiger partial charge in [-0.05, 0) is 61.3 Å². The number of fused-ring (bicyclic) bond motifs is 1. The molecule has 1 N–H and O–H groups in total. The molecule has 1 unspecified atom stereocenters. The summed E-state index contributed by atoms with van der Waals surface area (Å²) < 4.78 is 11.3. The van der Waals surface area contributed by atoms with Gasteiger partial charge in [0, 0.05) is 56.3 Å². The molecule has 4 aromatic rings. The molecule has 1 fully saturated rings. The van der Waals surface area contributed by atoms with E-state index in [2.05, 4.69) is 82.6 Å². The van der Waals surface area contributed by atoms with E-state index in [0.29, 0.717) is 18.1 Å². The van der Waals surface area contributed by atoms with Gasteiger partial charge in [0.2, 0.25) is 17.6 Å². The van der Waals surface area contributed by atoms with Gasteiger partial charge in [-0.1, -0.05) is 41.6 Å². The highest BCUT2D eigenvalue weighted by molar-refractivity contribution is 5.93. The molecule has 0 spiro atoms. The first-order valence-corrected chi connectivity index (χ1v) is 13.9. The number of benzene rings is 3. The molecule has 8 heteroatoms. The number of anilines is 2. The van der Waals surface area contributed by atoms with E-state index in [0.717, 1.165) is 77.5 Å². The third-order valence-corrected chi connectivity index (χ3v) is 7.74. The molecule has 1 atom stereocenters. The molecule has 1 amide bonds. The lowest BCUT2D eigenvalue weighted by atomic mass is 9.97. The summed E-state index contributed by atoms with van der Waals surface area (Å²) in [5, 5.41) is 7.17. The topological polar surface area (TPSA) is 83.7 Å². The highest BCUT2D eigenvalue weighted by Gasteiger charge is 2.27. The Morgan fingerprint density at radius 3 is 2.45 bits per heavy atom. The molecule has 0 aliphatic carbocycles. The summed E-state index contributed by atoms with van der Waals surface area (Å²) in [5.74, 6) is 2.09. The third-order valence-electron chi connectivity index (χ3n) is 7.74. The average Bonchev–Trinajstić information content (AvgIpc) is 3.54. The lowest BCUT2D eigenvalue weighted by molar-refractivity contribution is -0.115. The Balaban J connectivity index is 1.14. The van der Waals surface area contributed by atoms with E-state index in [9.17, 15) is 4.79 Å². The molecule has 6 rings (SSSR count). The van der Waals surface area contributed by atoms with Crippen LogP contribution < -0.4 is 15.0 Å². The molecule has 0 radical (unpaired) electrons. The van der Waals surface area contributed by atoms with E-state index in [4.69, 9.17) is 9.26 Å². The minimum atomic E-state index is -0.0278. The van der Waals surface area contributed by atoms with Gasteiger partial charge in [0.1, 0.15) is 11.9 Å². The molecule has 3 heterocycles. The van der Waals surface area contributed by atoms with Crippen molar-refractivity contribution in [2.24, 2.45) is 0 Å². The van der Waals surface area contributed by atoms with Gasteiger partial charge in [0.05, 0.1) is 12.1 Å². The van der Waals surface area contributed by atoms with Crippen LogP contribution in [0.5, 0.6) is 5.75 Å². The minimum absolute atomic E-state index is 0.0278. The van der Waals surface area contributed by atoms with E-state index in [1.807, 2.05) is 18.2 Å². The van der Waals surface area contributed by atoms with Crippen molar-refractivity contribution in [1.82, 2.24) is 15.0 Å². The molecular formula is C32H35N5O3. The van der Waals surface area contributed by atoms with E-state index >= 15 is 0 Å². The first-order valence-electron chi connectivity index (χ1n) is 13.9. The van der Waals surface area contributed by atoms with Crippen molar-refractivity contribution in [3.05, 3.63) is 77.2 Å². The number of nitrogens with one attached hydrogen (secondary N) is 1. The predicted octanol–water partition coefficient (Wildman–Crippen LogP) is 5.28. The number of nitrogens with zero attached hydrogens (tertiary/aromatic N) is 4. The Kier molecular flexibility index (Phi) is 7.02. The summed E-state index contributed by atoms with van der Waals surface area (Å²) >= 11 is 0. The quantitative estimate of drug-likeness (QED) is 0.358. The normalized spacial score (nSPS) is 17.0. The number of aryl methyl sites for hydroxylation is 2. The second kappa shape index (κ2) is 10.8. The van der Waals surface area contributed by atoms with Crippen molar-refractivity contribution >= 4 is 17.3 Å². The largest absolute Gasteiger partial charge is 0.488 e. The highest BCUT2D eigenvalue weighted by atomic mass is 16.5. The lowest BCUT2D eigenvalue weighted by Gasteiger charge is -2.35. The Hall–Kier alpha value is -4.17. The molecule has 206 valence electrons. The average molecular weight is 538 g/mol. The van der Waals surface area contributed by atoms with Crippen molar-refractivity contribution in [1.29, 1.82) is 0 Å². The zero-order chi connectivity index (χ0) is 27.8. The Bertz CT molecular complexity index is 1540. The molecule has 1 saturated heterocycles. The van der Waals surface area contributed by atoms with Crippen LogP contribution in [0.15, 0.2) is 59.1 Å². The van der Waals surface area contributed by atoms with Crippen LogP contribution in [0.4, 0.5) is 11.4 Å². The number of aromatic nitrogens is 2. The zero-order valence-corrected chi connectivity index (χ0v) is 23.5. The maximum absolute atomic E-state index is 13.1. The number of amides is 1. The van der Waals surface area contributed by atoms with Crippen LogP contribution in [-0.2, 0) is 17.6 Å². The van der Waals surface area contributed by atoms with Crippen molar-refractivity contribution < 1.29 is 14.1 Å². The van der Waals surface area contributed by atoms with Gasteiger partial charge in [0.25, 0.3) is 0 Å². The lowest BCUT2D eigenvalue weighted by Crippen LogP contribution is -2.44. The minimum Gasteiger partial charge on any atom is -0.488 e. The van der Waals surface area contributed by atoms with Gasteiger partial charge < -0.3 is 24.4 Å². The van der Waals surface area contributed by atoms with Crippen LogP contribution in [0.1, 0.15) is 29.5 Å². The molecule has 2 aliphatic heterocycles. The van der Waals surface area contributed by atoms with Crippen LogP contribution in [0, 0.1) is 13.8 Å². The number of ether oxygens (including phenoxy) is 1. The Labute approximate surface area is 234 Å². The predicted molar refractivity (Wildman–Crippen MR) is 157 cm³/mol. The van der Waals surface area contributed by atoms with Crippen LogP contribution >= 0.6 is 0 Å². The number of carbonyl (C=O) groups is 1. The monoisotopic (exact) mass is 537 g/mol. The van der Waals surface area contributed by atoms with E-state index in [1.165, 1.54) is 5.56 Å². The molecular weight excluding hydrogens is 502 g/mol. The number of hydrogen-bond acceptors (Lipinski definition) is 7. The van der Waals surface area contributed by atoms with E-state index in [1.54, 1.807) is 6.92 Å². The summed E-state index contributed by atoms with van der Waals surface area (Å²) in [6, 6.07) is 18.5. The van der Waals surface area contributed by atoms with Gasteiger partial charge in [-0.15, -0.1) is 0 Å². The fraction of sp³-hybridized carbons (Fsp3) is 0.344. The molecule has 40 heavy (non-hydrogen) atoms. The number of carbonyl (C=O) groups excluding carboxylic acids is 1. The van der Waals surface area contributed by atoms with Crippen LogP contribution in [0.3, 0.4) is 0 Å². The van der Waals surface area contributed by atoms with Crippen molar-refractivity contribution in [2.45, 2.75) is 39.7 Å². The van der Waals surface area contributed by atoms with Gasteiger partial charge in [-0.2, -0.15) is 4.98 Å². The van der Waals surface area contributed by atoms with Gasteiger partial charge >= 0.3 is 0 Å². The SMILES string of the molecule is Cc1nc(-c2ccc(-c3ccc(CC(=O)Nc4cc5c(c(N6CCN(C)CC6)c4)OC(C)C5)cc3)c(C)c2)no1. The third kappa shape index (κ3) is 5.45. The van der Waals surface area contributed by atoms with Crippen LogP contribution in [0.2, 0.25) is 0 Å². The first kappa shape index (κ1) is 26.1. The Morgan fingerprint density at radius 1 is 1.00 bits per heavy atom. The summed E-state index contributed by atoms with van der Waals surface area (Å²) in [7, 11) is 2.15. The maximum Gasteiger partial charge on any atom is 0.228 e.